The zero-order valence-electron chi connectivity index (χ0n) is 12.5. The van der Waals surface area contributed by atoms with E-state index in [-0.39, 0.29) is 11.6 Å². The fourth-order valence-electron chi connectivity index (χ4n) is 3.23. The number of halogens is 2. The highest BCUT2D eigenvalue weighted by molar-refractivity contribution is 5.20. The number of nitrogens with one attached hydrogen (secondary N) is 1. The van der Waals surface area contributed by atoms with Crippen LogP contribution in [0.1, 0.15) is 51.5 Å². The zero-order valence-corrected chi connectivity index (χ0v) is 12.5. The van der Waals surface area contributed by atoms with Gasteiger partial charge in [-0.05, 0) is 57.1 Å². The van der Waals surface area contributed by atoms with Gasteiger partial charge >= 0.3 is 0 Å². The van der Waals surface area contributed by atoms with Gasteiger partial charge in [-0.25, -0.2) is 8.78 Å². The van der Waals surface area contributed by atoms with Gasteiger partial charge in [0, 0.05) is 17.6 Å². The summed E-state index contributed by atoms with van der Waals surface area (Å²) in [7, 11) is 0. The zero-order chi connectivity index (χ0) is 14.5. The van der Waals surface area contributed by atoms with Crippen LogP contribution in [0.15, 0.2) is 18.2 Å². The fraction of sp³-hybridized carbons (Fsp3) is 0.647. The van der Waals surface area contributed by atoms with Crippen molar-refractivity contribution < 1.29 is 8.78 Å². The van der Waals surface area contributed by atoms with Gasteiger partial charge in [0.25, 0.3) is 0 Å². The Balaban J connectivity index is 1.85. The second-order valence-corrected chi connectivity index (χ2v) is 6.10. The number of benzene rings is 1. The van der Waals surface area contributed by atoms with E-state index in [1.54, 1.807) is 0 Å². The average molecular weight is 281 g/mol. The van der Waals surface area contributed by atoms with Crippen LogP contribution in [-0.4, -0.2) is 12.1 Å². The molecule has 0 saturated heterocycles. The topological polar surface area (TPSA) is 12.0 Å². The molecular formula is C17H25F2N. The normalized spacial score (nSPS) is 24.6. The molecule has 1 nitrogen and oxygen atoms in total. The summed E-state index contributed by atoms with van der Waals surface area (Å²) in [6.07, 6.45) is 6.59. The largest absolute Gasteiger partial charge is 0.311 e. The van der Waals surface area contributed by atoms with E-state index >= 15 is 0 Å². The smallest absolute Gasteiger partial charge is 0.129 e. The lowest BCUT2D eigenvalue weighted by Crippen LogP contribution is -2.40. The molecule has 0 aromatic heterocycles. The van der Waals surface area contributed by atoms with E-state index in [1.807, 2.05) is 6.92 Å². The first-order valence-corrected chi connectivity index (χ1v) is 7.79. The van der Waals surface area contributed by atoms with Gasteiger partial charge in [0.1, 0.15) is 11.6 Å². The molecule has 0 heterocycles. The molecule has 0 bridgehead atoms. The van der Waals surface area contributed by atoms with Gasteiger partial charge in [-0.15, -0.1) is 0 Å². The van der Waals surface area contributed by atoms with E-state index < -0.39 is 11.6 Å². The second kappa shape index (κ2) is 7.16. The van der Waals surface area contributed by atoms with Crippen LogP contribution >= 0.6 is 0 Å². The van der Waals surface area contributed by atoms with Crippen LogP contribution in [0.5, 0.6) is 0 Å². The SMILES string of the molecule is CCC1CCC(NC(C)Cc2c(F)cccc2F)CC1. The van der Waals surface area contributed by atoms with Gasteiger partial charge in [0.2, 0.25) is 0 Å². The van der Waals surface area contributed by atoms with Gasteiger partial charge in [-0.3, -0.25) is 0 Å². The first-order chi connectivity index (χ1) is 9.60. The molecule has 112 valence electrons. The minimum Gasteiger partial charge on any atom is -0.311 e. The summed E-state index contributed by atoms with van der Waals surface area (Å²) in [6.45, 7) is 4.26. The van der Waals surface area contributed by atoms with Crippen LogP contribution in [-0.2, 0) is 6.42 Å². The lowest BCUT2D eigenvalue weighted by Gasteiger charge is -2.31. The molecule has 1 aliphatic carbocycles. The highest BCUT2D eigenvalue weighted by Crippen LogP contribution is 2.27. The third-order valence-corrected chi connectivity index (χ3v) is 4.52. The van der Waals surface area contributed by atoms with Crippen molar-refractivity contribution in [1.82, 2.24) is 5.32 Å². The summed E-state index contributed by atoms with van der Waals surface area (Å²) < 4.78 is 27.2. The highest BCUT2D eigenvalue weighted by Gasteiger charge is 2.21. The van der Waals surface area contributed by atoms with Crippen molar-refractivity contribution in [3.05, 3.63) is 35.4 Å². The van der Waals surface area contributed by atoms with E-state index in [0.29, 0.717) is 12.5 Å². The molecule has 1 N–H and O–H groups in total. The minimum absolute atomic E-state index is 0.101. The van der Waals surface area contributed by atoms with Crippen LogP contribution in [0.25, 0.3) is 0 Å². The average Bonchev–Trinajstić information content (AvgIpc) is 2.44. The Hall–Kier alpha value is -0.960. The molecule has 3 heteroatoms. The number of hydrogen-bond donors (Lipinski definition) is 1. The predicted octanol–water partition coefficient (Wildman–Crippen LogP) is 4.45. The third-order valence-electron chi connectivity index (χ3n) is 4.52. The molecule has 1 fully saturated rings. The first kappa shape index (κ1) is 15.4. The standard InChI is InChI=1S/C17H25F2N/c1-3-13-7-9-14(10-8-13)20-12(2)11-15-16(18)5-4-6-17(15)19/h4-6,12-14,20H,3,7-11H2,1-2H3. The monoisotopic (exact) mass is 281 g/mol. The van der Waals surface area contributed by atoms with Crippen molar-refractivity contribution in [1.29, 1.82) is 0 Å². The molecule has 2 rings (SSSR count). The van der Waals surface area contributed by atoms with Crippen molar-refractivity contribution in [2.45, 2.75) is 64.5 Å². The van der Waals surface area contributed by atoms with E-state index in [4.69, 9.17) is 0 Å². The molecule has 1 aromatic carbocycles. The van der Waals surface area contributed by atoms with Gasteiger partial charge < -0.3 is 5.32 Å². The van der Waals surface area contributed by atoms with Gasteiger partial charge in [0.05, 0.1) is 0 Å². The van der Waals surface area contributed by atoms with Crippen molar-refractivity contribution in [3.8, 4) is 0 Å². The molecule has 1 atom stereocenters. The Morgan fingerprint density at radius 2 is 1.75 bits per heavy atom. The highest BCUT2D eigenvalue weighted by atomic mass is 19.1. The van der Waals surface area contributed by atoms with Crippen LogP contribution in [0.4, 0.5) is 8.78 Å². The van der Waals surface area contributed by atoms with Crippen LogP contribution in [0.3, 0.4) is 0 Å². The maximum atomic E-state index is 13.6. The fourth-order valence-corrected chi connectivity index (χ4v) is 3.23. The molecule has 20 heavy (non-hydrogen) atoms. The Kier molecular flexibility index (Phi) is 5.53. The summed E-state index contributed by atoms with van der Waals surface area (Å²) in [5.41, 5.74) is 0.203. The Labute approximate surface area is 120 Å². The van der Waals surface area contributed by atoms with Gasteiger partial charge in [-0.1, -0.05) is 19.4 Å². The summed E-state index contributed by atoms with van der Waals surface area (Å²) in [5.74, 6) is -0.00551. The molecule has 1 aliphatic rings. The number of hydrogen-bond acceptors (Lipinski definition) is 1. The predicted molar refractivity (Wildman–Crippen MR) is 78.7 cm³/mol. The molecule has 0 radical (unpaired) electrons. The molecule has 1 saturated carbocycles. The summed E-state index contributed by atoms with van der Waals surface area (Å²) in [6, 6.07) is 4.68. The van der Waals surface area contributed by atoms with Crippen molar-refractivity contribution in [2.75, 3.05) is 0 Å². The Bertz CT molecular complexity index is 405. The molecule has 0 spiro atoms. The van der Waals surface area contributed by atoms with Crippen molar-refractivity contribution in [2.24, 2.45) is 5.92 Å². The lowest BCUT2D eigenvalue weighted by molar-refractivity contribution is 0.271. The molecule has 1 aromatic rings. The molecular weight excluding hydrogens is 256 g/mol. The van der Waals surface area contributed by atoms with Crippen molar-refractivity contribution in [3.63, 3.8) is 0 Å². The van der Waals surface area contributed by atoms with Crippen LogP contribution in [0, 0.1) is 17.6 Å². The van der Waals surface area contributed by atoms with E-state index in [1.165, 1.54) is 50.3 Å². The van der Waals surface area contributed by atoms with Gasteiger partial charge in [0.15, 0.2) is 0 Å². The van der Waals surface area contributed by atoms with E-state index in [2.05, 4.69) is 12.2 Å². The second-order valence-electron chi connectivity index (χ2n) is 6.10. The van der Waals surface area contributed by atoms with Crippen LogP contribution < -0.4 is 5.32 Å². The quantitative estimate of drug-likeness (QED) is 0.840. The van der Waals surface area contributed by atoms with E-state index in [0.717, 1.165) is 5.92 Å². The van der Waals surface area contributed by atoms with E-state index in [9.17, 15) is 8.78 Å². The summed E-state index contributed by atoms with van der Waals surface area (Å²) >= 11 is 0. The molecule has 0 aliphatic heterocycles. The lowest BCUT2D eigenvalue weighted by atomic mass is 9.84. The summed E-state index contributed by atoms with van der Waals surface area (Å²) in [5, 5.41) is 3.53. The maximum Gasteiger partial charge on any atom is 0.129 e. The Morgan fingerprint density at radius 3 is 2.30 bits per heavy atom. The molecule has 1 unspecified atom stereocenters. The number of rotatable bonds is 5. The maximum absolute atomic E-state index is 13.6. The Morgan fingerprint density at radius 1 is 1.15 bits per heavy atom. The molecule has 0 amide bonds. The third kappa shape index (κ3) is 4.02. The summed E-state index contributed by atoms with van der Waals surface area (Å²) in [4.78, 5) is 0. The van der Waals surface area contributed by atoms with Crippen LogP contribution in [0.2, 0.25) is 0 Å². The minimum atomic E-state index is -0.437. The first-order valence-electron chi connectivity index (χ1n) is 7.79. The van der Waals surface area contributed by atoms with Crippen molar-refractivity contribution >= 4 is 0 Å². The van der Waals surface area contributed by atoms with Gasteiger partial charge in [-0.2, -0.15) is 0 Å².